The fourth-order valence-electron chi connectivity index (χ4n) is 5.10. The number of sulfonamides is 1. The minimum absolute atomic E-state index is 0.0297. The number of alkyl halides is 2. The number of carbonyl (C=O) groups excluding carboxylic acids is 1. The van der Waals surface area contributed by atoms with Gasteiger partial charge in [-0.2, -0.15) is 0 Å². The molecule has 2 aromatic rings. The van der Waals surface area contributed by atoms with Crippen LogP contribution in [-0.4, -0.2) is 56.2 Å². The van der Waals surface area contributed by atoms with E-state index in [0.717, 1.165) is 0 Å². The highest BCUT2D eigenvalue weighted by atomic mass is 32.2. The summed E-state index contributed by atoms with van der Waals surface area (Å²) in [7, 11) is -4.22. The van der Waals surface area contributed by atoms with E-state index in [1.165, 1.54) is 4.90 Å². The zero-order valence-corrected chi connectivity index (χ0v) is 20.0. The van der Waals surface area contributed by atoms with Gasteiger partial charge in [-0.25, -0.2) is 31.1 Å². The fraction of sp³-hybridized carbons (Fsp3) is 0.480. The smallest absolute Gasteiger partial charge is 0.317 e. The number of hydrogen-bond donors (Lipinski definition) is 2. The third-order valence-corrected chi connectivity index (χ3v) is 8.38. The van der Waals surface area contributed by atoms with Crippen molar-refractivity contribution in [2.75, 3.05) is 19.1 Å². The van der Waals surface area contributed by atoms with Crippen molar-refractivity contribution in [2.45, 2.75) is 49.9 Å². The van der Waals surface area contributed by atoms with Crippen molar-refractivity contribution in [1.82, 2.24) is 14.9 Å². The van der Waals surface area contributed by atoms with Gasteiger partial charge in [-0.05, 0) is 43.2 Å². The second-order valence-electron chi connectivity index (χ2n) is 10.0. The number of hydrogen-bond acceptors (Lipinski definition) is 3. The Balaban J connectivity index is 1.46. The minimum Gasteiger partial charge on any atom is -0.335 e. The molecule has 2 saturated carbocycles. The van der Waals surface area contributed by atoms with Crippen LogP contribution in [0, 0.1) is 11.2 Å². The lowest BCUT2D eigenvalue weighted by atomic mass is 9.91. The number of carbonyl (C=O) groups is 1. The highest BCUT2D eigenvalue weighted by molar-refractivity contribution is 7.89. The highest BCUT2D eigenvalue weighted by Gasteiger charge is 2.61. The summed E-state index contributed by atoms with van der Waals surface area (Å²) in [5.41, 5.74) is -0.523. The van der Waals surface area contributed by atoms with Gasteiger partial charge in [-0.15, -0.1) is 0 Å². The summed E-state index contributed by atoms with van der Waals surface area (Å²) in [6.07, 6.45) is 2.12. The Labute approximate surface area is 202 Å². The number of rotatable bonds is 8. The molecule has 2 amide bonds. The molecule has 1 heterocycles. The minimum atomic E-state index is -4.22. The van der Waals surface area contributed by atoms with Crippen molar-refractivity contribution in [3.63, 3.8) is 0 Å². The van der Waals surface area contributed by atoms with E-state index in [1.54, 1.807) is 42.5 Å². The molecule has 188 valence electrons. The van der Waals surface area contributed by atoms with Crippen molar-refractivity contribution in [1.29, 1.82) is 0 Å². The first-order valence-corrected chi connectivity index (χ1v) is 13.4. The van der Waals surface area contributed by atoms with E-state index in [4.69, 9.17) is 0 Å². The summed E-state index contributed by atoms with van der Waals surface area (Å²) >= 11 is 0. The third kappa shape index (κ3) is 4.91. The molecule has 0 bridgehead atoms. The Kier molecular flexibility index (Phi) is 6.07. The molecule has 5 rings (SSSR count). The molecule has 3 aliphatic rings. The Morgan fingerprint density at radius 3 is 2.40 bits per heavy atom. The Bertz CT molecular complexity index is 1220. The lowest BCUT2D eigenvalue weighted by Gasteiger charge is -2.29. The van der Waals surface area contributed by atoms with E-state index >= 15 is 4.39 Å². The lowest BCUT2D eigenvalue weighted by molar-refractivity contribution is 0.182. The van der Waals surface area contributed by atoms with E-state index in [9.17, 15) is 22.0 Å². The quantitative estimate of drug-likeness (QED) is 0.569. The van der Waals surface area contributed by atoms with Crippen molar-refractivity contribution >= 4 is 16.1 Å². The van der Waals surface area contributed by atoms with Crippen LogP contribution >= 0.6 is 0 Å². The van der Waals surface area contributed by atoms with Gasteiger partial charge in [-0.1, -0.05) is 48.5 Å². The molecule has 10 heteroatoms. The number of amides is 2. The van der Waals surface area contributed by atoms with Crippen LogP contribution in [0.1, 0.15) is 31.2 Å². The number of benzene rings is 2. The Hall–Kier alpha value is -2.59. The molecule has 3 fully saturated rings. The number of likely N-dealkylation sites (tertiary alicyclic amines) is 1. The number of urea groups is 1. The van der Waals surface area contributed by atoms with Crippen molar-refractivity contribution < 1.29 is 26.4 Å². The van der Waals surface area contributed by atoms with Crippen LogP contribution in [-0.2, 0) is 16.4 Å². The number of nitrogens with zero attached hydrogens (tertiary/aromatic N) is 1. The van der Waals surface area contributed by atoms with E-state index < -0.39 is 51.0 Å². The molecule has 6 nitrogen and oxygen atoms in total. The van der Waals surface area contributed by atoms with Gasteiger partial charge in [0.15, 0.2) is 0 Å². The van der Waals surface area contributed by atoms with E-state index in [2.05, 4.69) is 10.0 Å². The first kappa shape index (κ1) is 24.1. The maximum Gasteiger partial charge on any atom is 0.317 e. The fourth-order valence-corrected chi connectivity index (χ4v) is 5.96. The zero-order valence-electron chi connectivity index (χ0n) is 19.1. The van der Waals surface area contributed by atoms with E-state index in [1.807, 2.05) is 6.07 Å². The topological polar surface area (TPSA) is 78.5 Å². The second kappa shape index (κ2) is 8.81. The zero-order chi connectivity index (χ0) is 24.8. The summed E-state index contributed by atoms with van der Waals surface area (Å²) in [5.74, 6) is -0.455. The van der Waals surface area contributed by atoms with Crippen LogP contribution < -0.4 is 10.0 Å². The predicted octanol–water partition coefficient (Wildman–Crippen LogP) is 3.93. The molecule has 35 heavy (non-hydrogen) atoms. The van der Waals surface area contributed by atoms with Crippen LogP contribution in [0.2, 0.25) is 0 Å². The average molecular weight is 508 g/mol. The molecule has 2 aliphatic carbocycles. The highest BCUT2D eigenvalue weighted by Crippen LogP contribution is 2.55. The molecular weight excluding hydrogens is 479 g/mol. The molecule has 2 aromatic carbocycles. The molecule has 1 spiro atoms. The summed E-state index contributed by atoms with van der Waals surface area (Å²) in [4.78, 5) is 14.6. The van der Waals surface area contributed by atoms with E-state index in [-0.39, 0.29) is 19.5 Å². The Morgan fingerprint density at radius 1 is 1.06 bits per heavy atom. The summed E-state index contributed by atoms with van der Waals surface area (Å²) in [6, 6.07) is 10.4. The maximum absolute atomic E-state index is 15.6. The largest absolute Gasteiger partial charge is 0.335 e. The summed E-state index contributed by atoms with van der Waals surface area (Å²) in [6.45, 7) is 0.114. The summed E-state index contributed by atoms with van der Waals surface area (Å²) < 4.78 is 69.8. The van der Waals surface area contributed by atoms with E-state index in [0.29, 0.717) is 42.4 Å². The van der Waals surface area contributed by atoms with Gasteiger partial charge in [0.1, 0.15) is 11.5 Å². The Morgan fingerprint density at radius 2 is 1.77 bits per heavy atom. The van der Waals surface area contributed by atoms with Gasteiger partial charge in [0.2, 0.25) is 16.0 Å². The van der Waals surface area contributed by atoms with Crippen LogP contribution in [0.25, 0.3) is 11.1 Å². The predicted molar refractivity (Wildman–Crippen MR) is 126 cm³/mol. The van der Waals surface area contributed by atoms with Crippen LogP contribution in [0.4, 0.5) is 18.0 Å². The monoisotopic (exact) mass is 507 g/mol. The van der Waals surface area contributed by atoms with Crippen LogP contribution in [0.3, 0.4) is 0 Å². The molecule has 0 unspecified atom stereocenters. The average Bonchev–Trinajstić information content (AvgIpc) is 3.76. The lowest BCUT2D eigenvalue weighted by Crippen LogP contribution is -2.52. The van der Waals surface area contributed by atoms with Gasteiger partial charge >= 0.3 is 6.03 Å². The third-order valence-electron chi connectivity index (χ3n) is 7.47. The van der Waals surface area contributed by atoms with Crippen molar-refractivity contribution in [2.24, 2.45) is 5.41 Å². The first-order valence-electron chi connectivity index (χ1n) is 11.8. The molecule has 1 aliphatic heterocycles. The van der Waals surface area contributed by atoms with Gasteiger partial charge in [-0.3, -0.25) is 0 Å². The molecule has 2 atom stereocenters. The van der Waals surface area contributed by atoms with Gasteiger partial charge in [0.05, 0.1) is 12.6 Å². The summed E-state index contributed by atoms with van der Waals surface area (Å²) in [5, 5.41) is 2.62. The normalized spacial score (nSPS) is 23.9. The standard InChI is InChI=1S/C25H28F3N3O3S/c26-16-35(33,34)30-22-20(13-18-7-4-8-19(21(18)27)17-5-2-1-3-6-17)31(15-24(22)9-10-24)23(32)29-14-25(28)11-12-25/h1-8,20,22,30H,9-16H2,(H,29,32)/t20-,22+/m0/s1. The molecule has 0 aromatic heterocycles. The van der Waals surface area contributed by atoms with Crippen LogP contribution in [0.5, 0.6) is 0 Å². The van der Waals surface area contributed by atoms with Gasteiger partial charge < -0.3 is 10.2 Å². The first-order chi connectivity index (χ1) is 16.7. The van der Waals surface area contributed by atoms with Crippen molar-refractivity contribution in [3.8, 4) is 11.1 Å². The second-order valence-corrected chi connectivity index (χ2v) is 11.7. The number of halogens is 3. The molecule has 0 radical (unpaired) electrons. The molecular formula is C25H28F3N3O3S. The van der Waals surface area contributed by atoms with Crippen LogP contribution in [0.15, 0.2) is 48.5 Å². The molecule has 2 N–H and O–H groups in total. The van der Waals surface area contributed by atoms with Gasteiger partial charge in [0.25, 0.3) is 0 Å². The molecule has 1 saturated heterocycles. The number of nitrogens with one attached hydrogen (secondary N) is 2. The maximum atomic E-state index is 15.6. The van der Waals surface area contributed by atoms with Crippen molar-refractivity contribution in [3.05, 3.63) is 59.9 Å². The SMILES string of the molecule is O=C(NCC1(F)CC1)N1CC2(CC2)[C@H](NS(=O)(=O)CF)[C@@H]1Cc1cccc(-c2ccccc2)c1F. The van der Waals surface area contributed by atoms with Gasteiger partial charge in [0, 0.05) is 23.6 Å².